The Morgan fingerprint density at radius 1 is 1.20 bits per heavy atom. The van der Waals surface area contributed by atoms with Gasteiger partial charge in [0.2, 0.25) is 5.91 Å². The molecule has 0 fully saturated rings. The molecule has 7 heteroatoms. The number of rotatable bonds is 6. The van der Waals surface area contributed by atoms with Crippen LogP contribution in [0.3, 0.4) is 0 Å². The third kappa shape index (κ3) is 5.69. The molecule has 0 spiro atoms. The van der Waals surface area contributed by atoms with E-state index in [0.717, 1.165) is 17.0 Å². The summed E-state index contributed by atoms with van der Waals surface area (Å²) in [6.07, 6.45) is 0.219. The maximum atomic E-state index is 12.0. The van der Waals surface area contributed by atoms with Gasteiger partial charge in [-0.1, -0.05) is 17.7 Å². The first-order valence-electron chi connectivity index (χ1n) is 7.75. The summed E-state index contributed by atoms with van der Waals surface area (Å²) in [5, 5.41) is 6.39. The SMILES string of the molecule is COc1ccc(NC(N)=NCCC(=O)Nc2cccc(Cl)c2C)cc1. The minimum absolute atomic E-state index is 0.147. The first-order valence-corrected chi connectivity index (χ1v) is 8.13. The van der Waals surface area contributed by atoms with Crippen molar-refractivity contribution in [1.82, 2.24) is 0 Å². The van der Waals surface area contributed by atoms with Gasteiger partial charge in [0.15, 0.2) is 5.96 Å². The fourth-order valence-electron chi connectivity index (χ4n) is 2.10. The summed E-state index contributed by atoms with van der Waals surface area (Å²) in [4.78, 5) is 16.1. The summed E-state index contributed by atoms with van der Waals surface area (Å²) >= 11 is 6.03. The zero-order valence-corrected chi connectivity index (χ0v) is 14.9. The Kier molecular flexibility index (Phi) is 6.65. The Hall–Kier alpha value is -2.73. The molecule has 0 bridgehead atoms. The van der Waals surface area contributed by atoms with Gasteiger partial charge in [0.25, 0.3) is 0 Å². The fraction of sp³-hybridized carbons (Fsp3) is 0.222. The van der Waals surface area contributed by atoms with Crippen LogP contribution in [0.2, 0.25) is 5.02 Å². The number of carbonyl (C=O) groups is 1. The molecule has 0 saturated heterocycles. The first kappa shape index (κ1) is 18.6. The first-order chi connectivity index (χ1) is 12.0. The lowest BCUT2D eigenvalue weighted by Crippen LogP contribution is -2.23. The minimum atomic E-state index is -0.147. The minimum Gasteiger partial charge on any atom is -0.497 e. The highest BCUT2D eigenvalue weighted by Gasteiger charge is 2.06. The van der Waals surface area contributed by atoms with Crippen molar-refractivity contribution >= 4 is 34.8 Å². The standard InChI is InChI=1S/C18H21ClN4O2/c1-12-15(19)4-3-5-16(12)23-17(24)10-11-21-18(20)22-13-6-8-14(25-2)9-7-13/h3-9H,10-11H2,1-2H3,(H,23,24)(H3,20,21,22). The van der Waals surface area contributed by atoms with Crippen molar-refractivity contribution in [3.05, 3.63) is 53.1 Å². The van der Waals surface area contributed by atoms with Crippen LogP contribution in [0.4, 0.5) is 11.4 Å². The number of amides is 1. The van der Waals surface area contributed by atoms with Gasteiger partial charge in [-0.05, 0) is 48.9 Å². The Morgan fingerprint density at radius 3 is 2.60 bits per heavy atom. The van der Waals surface area contributed by atoms with Crippen molar-refractivity contribution in [3.8, 4) is 5.75 Å². The van der Waals surface area contributed by atoms with E-state index < -0.39 is 0 Å². The molecule has 2 rings (SSSR count). The monoisotopic (exact) mass is 360 g/mol. The smallest absolute Gasteiger partial charge is 0.226 e. The van der Waals surface area contributed by atoms with Crippen molar-refractivity contribution < 1.29 is 9.53 Å². The summed E-state index contributed by atoms with van der Waals surface area (Å²) in [5.74, 6) is 0.859. The molecule has 2 aromatic carbocycles. The van der Waals surface area contributed by atoms with Crippen LogP contribution in [0, 0.1) is 6.92 Å². The van der Waals surface area contributed by atoms with E-state index in [0.29, 0.717) is 10.7 Å². The number of nitrogens with two attached hydrogens (primary N) is 1. The van der Waals surface area contributed by atoms with E-state index in [9.17, 15) is 4.79 Å². The van der Waals surface area contributed by atoms with Gasteiger partial charge in [-0.25, -0.2) is 0 Å². The van der Waals surface area contributed by atoms with Crippen molar-refractivity contribution in [2.24, 2.45) is 10.7 Å². The van der Waals surface area contributed by atoms with Crippen molar-refractivity contribution in [2.45, 2.75) is 13.3 Å². The van der Waals surface area contributed by atoms with E-state index in [1.54, 1.807) is 19.2 Å². The number of methoxy groups -OCH3 is 1. The molecular weight excluding hydrogens is 340 g/mol. The molecule has 6 nitrogen and oxygen atoms in total. The average molecular weight is 361 g/mol. The topological polar surface area (TPSA) is 88.7 Å². The summed E-state index contributed by atoms with van der Waals surface area (Å²) in [6.45, 7) is 2.13. The molecule has 0 aromatic heterocycles. The average Bonchev–Trinajstić information content (AvgIpc) is 2.59. The molecule has 0 unspecified atom stereocenters. The molecule has 1 amide bonds. The lowest BCUT2D eigenvalue weighted by atomic mass is 10.2. The van der Waals surface area contributed by atoms with Crippen molar-refractivity contribution in [3.63, 3.8) is 0 Å². The Morgan fingerprint density at radius 2 is 1.92 bits per heavy atom. The number of aliphatic imine (C=N–C) groups is 1. The number of guanidine groups is 1. The number of hydrogen-bond acceptors (Lipinski definition) is 3. The lowest BCUT2D eigenvalue weighted by molar-refractivity contribution is -0.116. The molecule has 0 aliphatic carbocycles. The second kappa shape index (κ2) is 8.94. The molecule has 0 atom stereocenters. The molecule has 2 aromatic rings. The van der Waals surface area contributed by atoms with Gasteiger partial charge in [-0.15, -0.1) is 0 Å². The maximum Gasteiger partial charge on any atom is 0.226 e. The molecule has 0 aliphatic rings. The fourth-order valence-corrected chi connectivity index (χ4v) is 2.27. The number of benzene rings is 2. The number of ether oxygens (including phenoxy) is 1. The van der Waals surface area contributed by atoms with E-state index in [1.807, 2.05) is 37.3 Å². The normalized spacial score (nSPS) is 11.1. The quantitative estimate of drug-likeness (QED) is 0.544. The zero-order chi connectivity index (χ0) is 18.2. The largest absolute Gasteiger partial charge is 0.497 e. The van der Waals surface area contributed by atoms with Crippen molar-refractivity contribution in [1.29, 1.82) is 0 Å². The van der Waals surface area contributed by atoms with Crippen molar-refractivity contribution in [2.75, 3.05) is 24.3 Å². The van der Waals surface area contributed by atoms with Crippen LogP contribution in [-0.4, -0.2) is 25.5 Å². The van der Waals surface area contributed by atoms with Gasteiger partial charge in [0.05, 0.1) is 13.7 Å². The molecule has 132 valence electrons. The lowest BCUT2D eigenvalue weighted by Gasteiger charge is -2.09. The van der Waals surface area contributed by atoms with Crippen LogP contribution >= 0.6 is 11.6 Å². The molecule has 0 heterocycles. The molecule has 25 heavy (non-hydrogen) atoms. The number of carbonyl (C=O) groups excluding carboxylic acids is 1. The highest BCUT2D eigenvalue weighted by Crippen LogP contribution is 2.22. The number of anilines is 2. The highest BCUT2D eigenvalue weighted by molar-refractivity contribution is 6.31. The summed E-state index contributed by atoms with van der Waals surface area (Å²) < 4.78 is 5.09. The molecule has 0 radical (unpaired) electrons. The highest BCUT2D eigenvalue weighted by atomic mass is 35.5. The number of nitrogens with one attached hydrogen (secondary N) is 2. The predicted octanol–water partition coefficient (Wildman–Crippen LogP) is 3.41. The van der Waals surface area contributed by atoms with Crippen LogP contribution in [0.15, 0.2) is 47.5 Å². The van der Waals surface area contributed by atoms with E-state index >= 15 is 0 Å². The van der Waals surface area contributed by atoms with E-state index in [-0.39, 0.29) is 24.8 Å². The number of halogens is 1. The zero-order valence-electron chi connectivity index (χ0n) is 14.2. The summed E-state index contributed by atoms with van der Waals surface area (Å²) in [6, 6.07) is 12.7. The summed E-state index contributed by atoms with van der Waals surface area (Å²) in [7, 11) is 1.61. The molecule has 0 aliphatic heterocycles. The molecular formula is C18H21ClN4O2. The Labute approximate surface area is 152 Å². The third-order valence-corrected chi connectivity index (χ3v) is 3.93. The van der Waals surface area contributed by atoms with E-state index in [4.69, 9.17) is 22.1 Å². The van der Waals surface area contributed by atoms with Gasteiger partial charge in [0, 0.05) is 22.8 Å². The van der Waals surface area contributed by atoms with Gasteiger partial charge in [0.1, 0.15) is 5.75 Å². The van der Waals surface area contributed by atoms with Crippen LogP contribution in [0.25, 0.3) is 0 Å². The molecule has 0 saturated carbocycles. The third-order valence-electron chi connectivity index (χ3n) is 3.53. The van der Waals surface area contributed by atoms with E-state index in [2.05, 4.69) is 15.6 Å². The van der Waals surface area contributed by atoms with Gasteiger partial charge in [-0.3, -0.25) is 9.79 Å². The van der Waals surface area contributed by atoms with Crippen LogP contribution in [0.5, 0.6) is 5.75 Å². The van der Waals surface area contributed by atoms with Crippen LogP contribution in [0.1, 0.15) is 12.0 Å². The number of nitrogens with zero attached hydrogens (tertiary/aromatic N) is 1. The van der Waals surface area contributed by atoms with Crippen LogP contribution in [-0.2, 0) is 4.79 Å². The summed E-state index contributed by atoms with van der Waals surface area (Å²) in [5.41, 5.74) is 8.14. The van der Waals surface area contributed by atoms with Gasteiger partial charge >= 0.3 is 0 Å². The predicted molar refractivity (Wildman–Crippen MR) is 103 cm³/mol. The second-order valence-electron chi connectivity index (χ2n) is 5.33. The van der Waals surface area contributed by atoms with Gasteiger partial charge < -0.3 is 21.1 Å². The van der Waals surface area contributed by atoms with Crippen LogP contribution < -0.4 is 21.1 Å². The second-order valence-corrected chi connectivity index (χ2v) is 5.74. The maximum absolute atomic E-state index is 12.0. The molecule has 4 N–H and O–H groups in total. The Balaban J connectivity index is 1.82. The number of hydrogen-bond donors (Lipinski definition) is 3. The van der Waals surface area contributed by atoms with E-state index in [1.165, 1.54) is 0 Å². The van der Waals surface area contributed by atoms with Gasteiger partial charge in [-0.2, -0.15) is 0 Å². The Bertz CT molecular complexity index is 760.